The van der Waals surface area contributed by atoms with Gasteiger partial charge in [0.1, 0.15) is 6.04 Å². The van der Waals surface area contributed by atoms with Crippen LogP contribution in [0.5, 0.6) is 0 Å². The van der Waals surface area contributed by atoms with Crippen molar-refractivity contribution in [3.63, 3.8) is 0 Å². The number of rotatable bonds is 11. The lowest BCUT2D eigenvalue weighted by Crippen LogP contribution is -2.37. The van der Waals surface area contributed by atoms with E-state index in [1.165, 1.54) is 0 Å². The average molecular weight is 389 g/mol. The van der Waals surface area contributed by atoms with Crippen molar-refractivity contribution in [1.29, 1.82) is 0 Å². The highest BCUT2D eigenvalue weighted by Gasteiger charge is 2.22. The average Bonchev–Trinajstić information content (AvgIpc) is 2.57. The van der Waals surface area contributed by atoms with Crippen molar-refractivity contribution in [1.82, 2.24) is 10.2 Å². The van der Waals surface area contributed by atoms with Gasteiger partial charge >= 0.3 is 5.97 Å². The fraction of sp³-hybridized carbons (Fsp3) is 0.632. The van der Waals surface area contributed by atoms with Crippen molar-refractivity contribution in [3.8, 4) is 0 Å². The Morgan fingerprint density at radius 3 is 2.44 bits per heavy atom. The standard InChI is InChI=1S/C19H30Cl2N2O2/c1-5-23(6-2)11-10-22-18(19(24)25-12-9-14(3)4)15-7-8-16(20)17(21)13-15/h7-8,13-14,18,22H,5-6,9-12H2,1-4H3. The molecule has 0 heterocycles. The number of hydrogen-bond donors (Lipinski definition) is 1. The predicted octanol–water partition coefficient (Wildman–Crippen LogP) is 4.56. The van der Waals surface area contributed by atoms with E-state index < -0.39 is 6.04 Å². The summed E-state index contributed by atoms with van der Waals surface area (Å²) in [6.45, 7) is 12.4. The lowest BCUT2D eigenvalue weighted by Gasteiger charge is -2.22. The molecule has 0 saturated heterocycles. The Morgan fingerprint density at radius 1 is 1.20 bits per heavy atom. The number of nitrogens with zero attached hydrogens (tertiary/aromatic N) is 1. The maximum Gasteiger partial charge on any atom is 0.327 e. The third-order valence-electron chi connectivity index (χ3n) is 4.12. The highest BCUT2D eigenvalue weighted by atomic mass is 35.5. The van der Waals surface area contributed by atoms with Gasteiger partial charge < -0.3 is 9.64 Å². The van der Waals surface area contributed by atoms with Crippen LogP contribution in [0.2, 0.25) is 10.0 Å². The van der Waals surface area contributed by atoms with Gasteiger partial charge in [-0.2, -0.15) is 0 Å². The second kappa shape index (κ2) is 11.7. The molecule has 0 fully saturated rings. The maximum absolute atomic E-state index is 12.6. The number of hydrogen-bond acceptors (Lipinski definition) is 4. The molecule has 0 spiro atoms. The number of carbonyl (C=O) groups excluding carboxylic acids is 1. The van der Waals surface area contributed by atoms with Crippen molar-refractivity contribution < 1.29 is 9.53 Å². The highest BCUT2D eigenvalue weighted by Crippen LogP contribution is 2.26. The summed E-state index contributed by atoms with van der Waals surface area (Å²) in [4.78, 5) is 14.9. The van der Waals surface area contributed by atoms with Crippen LogP contribution in [0.3, 0.4) is 0 Å². The topological polar surface area (TPSA) is 41.6 Å². The van der Waals surface area contributed by atoms with Gasteiger partial charge in [-0.3, -0.25) is 5.32 Å². The lowest BCUT2D eigenvalue weighted by atomic mass is 10.1. The molecule has 25 heavy (non-hydrogen) atoms. The van der Waals surface area contributed by atoms with Gasteiger partial charge in [-0.1, -0.05) is 57.0 Å². The largest absolute Gasteiger partial charge is 0.464 e. The van der Waals surface area contributed by atoms with Gasteiger partial charge in [0.25, 0.3) is 0 Å². The highest BCUT2D eigenvalue weighted by molar-refractivity contribution is 6.42. The quantitative estimate of drug-likeness (QED) is 0.564. The van der Waals surface area contributed by atoms with E-state index >= 15 is 0 Å². The third kappa shape index (κ3) is 7.95. The molecule has 0 saturated carbocycles. The predicted molar refractivity (Wildman–Crippen MR) is 105 cm³/mol. The van der Waals surface area contributed by atoms with Crippen molar-refractivity contribution >= 4 is 29.2 Å². The summed E-state index contributed by atoms with van der Waals surface area (Å²) in [7, 11) is 0. The van der Waals surface area contributed by atoms with Gasteiger partial charge in [-0.15, -0.1) is 0 Å². The normalized spacial score (nSPS) is 12.6. The zero-order valence-corrected chi connectivity index (χ0v) is 17.2. The molecule has 1 aromatic rings. The van der Waals surface area contributed by atoms with Crippen LogP contribution in [0.4, 0.5) is 0 Å². The zero-order valence-electron chi connectivity index (χ0n) is 15.6. The Bertz CT molecular complexity index is 534. The van der Waals surface area contributed by atoms with E-state index in [0.717, 1.165) is 31.6 Å². The Labute approximate surface area is 161 Å². The molecule has 0 bridgehead atoms. The molecule has 0 aliphatic heterocycles. The number of esters is 1. The number of carbonyl (C=O) groups is 1. The zero-order chi connectivity index (χ0) is 18.8. The first-order chi connectivity index (χ1) is 11.9. The van der Waals surface area contributed by atoms with E-state index in [9.17, 15) is 4.79 Å². The molecule has 1 aromatic carbocycles. The molecule has 1 rings (SSSR count). The van der Waals surface area contributed by atoms with E-state index in [1.807, 2.05) is 6.07 Å². The van der Waals surface area contributed by atoms with Crippen molar-refractivity contribution in [3.05, 3.63) is 33.8 Å². The Morgan fingerprint density at radius 2 is 1.88 bits per heavy atom. The van der Waals surface area contributed by atoms with E-state index in [-0.39, 0.29) is 5.97 Å². The van der Waals surface area contributed by atoms with E-state index in [1.54, 1.807) is 12.1 Å². The first kappa shape index (κ1) is 22.2. The monoisotopic (exact) mass is 388 g/mol. The number of benzene rings is 1. The molecule has 1 N–H and O–H groups in total. The molecule has 0 aliphatic carbocycles. The van der Waals surface area contributed by atoms with Gasteiger partial charge in [0.05, 0.1) is 16.7 Å². The fourth-order valence-corrected chi connectivity index (χ4v) is 2.72. The van der Waals surface area contributed by atoms with Gasteiger partial charge in [-0.05, 0) is 43.1 Å². The molecule has 0 radical (unpaired) electrons. The first-order valence-corrected chi connectivity index (χ1v) is 9.71. The van der Waals surface area contributed by atoms with Crippen LogP contribution in [-0.2, 0) is 9.53 Å². The Balaban J connectivity index is 2.78. The number of nitrogens with one attached hydrogen (secondary N) is 1. The summed E-state index contributed by atoms with van der Waals surface area (Å²) in [5.41, 5.74) is 0.767. The molecule has 0 amide bonds. The van der Waals surface area contributed by atoms with Crippen LogP contribution in [0.1, 0.15) is 45.7 Å². The molecule has 142 valence electrons. The number of likely N-dealkylation sites (N-methyl/N-ethyl adjacent to an activating group) is 1. The molecular weight excluding hydrogens is 359 g/mol. The summed E-state index contributed by atoms with van der Waals surface area (Å²) in [5.74, 6) is 0.213. The first-order valence-electron chi connectivity index (χ1n) is 8.96. The van der Waals surface area contributed by atoms with E-state index in [2.05, 4.69) is 37.9 Å². The minimum absolute atomic E-state index is 0.279. The number of ether oxygens (including phenoxy) is 1. The second-order valence-corrected chi connectivity index (χ2v) is 7.25. The van der Waals surface area contributed by atoms with Gasteiger partial charge in [0.2, 0.25) is 0 Å². The lowest BCUT2D eigenvalue weighted by molar-refractivity contribution is -0.146. The van der Waals surface area contributed by atoms with Crippen molar-refractivity contribution in [2.75, 3.05) is 32.8 Å². The summed E-state index contributed by atoms with van der Waals surface area (Å²) < 4.78 is 5.46. The summed E-state index contributed by atoms with van der Waals surface area (Å²) in [5, 5.41) is 4.21. The summed E-state index contributed by atoms with van der Waals surface area (Å²) >= 11 is 12.1. The summed E-state index contributed by atoms with van der Waals surface area (Å²) in [6, 6.07) is 4.70. The molecule has 0 aromatic heterocycles. The van der Waals surface area contributed by atoms with Gasteiger partial charge in [0, 0.05) is 13.1 Å². The fourth-order valence-electron chi connectivity index (χ4n) is 2.41. The van der Waals surface area contributed by atoms with E-state index in [4.69, 9.17) is 27.9 Å². The molecule has 1 atom stereocenters. The SMILES string of the molecule is CCN(CC)CCNC(C(=O)OCCC(C)C)c1ccc(Cl)c(Cl)c1. The summed E-state index contributed by atoms with van der Waals surface area (Å²) in [6.07, 6.45) is 0.847. The molecular formula is C19H30Cl2N2O2. The second-order valence-electron chi connectivity index (χ2n) is 6.44. The Hall–Kier alpha value is -0.810. The molecule has 0 aliphatic rings. The van der Waals surface area contributed by atoms with E-state index in [0.29, 0.717) is 29.1 Å². The molecule has 4 nitrogen and oxygen atoms in total. The number of halogens is 2. The van der Waals surface area contributed by atoms with Crippen LogP contribution in [0.15, 0.2) is 18.2 Å². The maximum atomic E-state index is 12.6. The van der Waals surface area contributed by atoms with Crippen molar-refractivity contribution in [2.24, 2.45) is 5.92 Å². The molecule has 1 unspecified atom stereocenters. The smallest absolute Gasteiger partial charge is 0.327 e. The van der Waals surface area contributed by atoms with Crippen LogP contribution < -0.4 is 5.32 Å². The minimum Gasteiger partial charge on any atom is -0.464 e. The Kier molecular flexibility index (Phi) is 10.4. The van der Waals surface area contributed by atoms with Crippen LogP contribution in [0, 0.1) is 5.92 Å². The third-order valence-corrected chi connectivity index (χ3v) is 4.86. The van der Waals surface area contributed by atoms with Gasteiger partial charge in [-0.25, -0.2) is 4.79 Å². The van der Waals surface area contributed by atoms with Crippen molar-refractivity contribution in [2.45, 2.75) is 40.2 Å². The van der Waals surface area contributed by atoms with Crippen LogP contribution in [0.25, 0.3) is 0 Å². The molecule has 6 heteroatoms. The van der Waals surface area contributed by atoms with Gasteiger partial charge in [0.15, 0.2) is 0 Å². The minimum atomic E-state index is -0.544. The van der Waals surface area contributed by atoms with Crippen LogP contribution in [-0.4, -0.2) is 43.7 Å². The van der Waals surface area contributed by atoms with Crippen LogP contribution >= 0.6 is 23.2 Å².